The molecule has 1 N–H and O–H groups in total. The van der Waals surface area contributed by atoms with Gasteiger partial charge in [-0.1, -0.05) is 6.92 Å². The zero-order valence-electron chi connectivity index (χ0n) is 11.2. The second-order valence-corrected chi connectivity index (χ2v) is 4.18. The van der Waals surface area contributed by atoms with Gasteiger partial charge in [0.2, 0.25) is 0 Å². The van der Waals surface area contributed by atoms with Crippen LogP contribution in [-0.4, -0.2) is 16.5 Å². The van der Waals surface area contributed by atoms with Gasteiger partial charge in [0.15, 0.2) is 11.6 Å². The molecule has 0 fully saturated rings. The van der Waals surface area contributed by atoms with Gasteiger partial charge < -0.3 is 5.32 Å². The van der Waals surface area contributed by atoms with E-state index in [-0.39, 0.29) is 11.3 Å². The molecule has 0 unspecified atom stereocenters. The minimum Gasteiger partial charge on any atom is -0.370 e. The molecule has 2 rings (SSSR count). The average Bonchev–Trinajstić information content (AvgIpc) is 2.43. The van der Waals surface area contributed by atoms with Crippen LogP contribution in [0.5, 0.6) is 0 Å². The molecule has 0 saturated heterocycles. The molecule has 0 atom stereocenters. The first-order valence-electron chi connectivity index (χ1n) is 6.31. The molecule has 0 saturated carbocycles. The molecule has 0 aliphatic rings. The fraction of sp³-hybridized carbons (Fsp3) is 0.286. The van der Waals surface area contributed by atoms with E-state index in [1.165, 1.54) is 6.33 Å². The smallest absolute Gasteiger partial charge is 0.161 e. The van der Waals surface area contributed by atoms with E-state index in [0.29, 0.717) is 30.4 Å². The number of anilines is 1. The fourth-order valence-electron chi connectivity index (χ4n) is 2.00. The van der Waals surface area contributed by atoms with Gasteiger partial charge in [0, 0.05) is 23.7 Å². The highest BCUT2D eigenvalue weighted by molar-refractivity contribution is 5.68. The molecule has 6 heteroatoms. The largest absolute Gasteiger partial charge is 0.370 e. The van der Waals surface area contributed by atoms with E-state index in [2.05, 4.69) is 15.3 Å². The Balaban J connectivity index is 2.63. The maximum absolute atomic E-state index is 13.9. The van der Waals surface area contributed by atoms with Gasteiger partial charge >= 0.3 is 0 Å². The molecule has 0 radical (unpaired) electrons. The predicted octanol–water partition coefficient (Wildman–Crippen LogP) is 3.56. The summed E-state index contributed by atoms with van der Waals surface area (Å²) in [7, 11) is 0. The monoisotopic (exact) mass is 281 g/mol. The number of hydrogen-bond acceptors (Lipinski definition) is 3. The minimum absolute atomic E-state index is 0.0673. The summed E-state index contributed by atoms with van der Waals surface area (Å²) in [5, 5.41) is 3.04. The molecule has 0 spiro atoms. The van der Waals surface area contributed by atoms with Crippen LogP contribution in [0.1, 0.15) is 19.4 Å². The van der Waals surface area contributed by atoms with E-state index in [4.69, 9.17) is 0 Å². The van der Waals surface area contributed by atoms with E-state index in [9.17, 15) is 13.2 Å². The van der Waals surface area contributed by atoms with Gasteiger partial charge in [-0.2, -0.15) is 0 Å². The van der Waals surface area contributed by atoms with Gasteiger partial charge in [0.05, 0.1) is 5.69 Å². The Morgan fingerprint density at radius 2 is 1.70 bits per heavy atom. The molecular formula is C14H14F3N3. The zero-order valence-corrected chi connectivity index (χ0v) is 11.2. The number of aromatic nitrogens is 2. The first-order chi connectivity index (χ1) is 9.58. The van der Waals surface area contributed by atoms with Crippen molar-refractivity contribution in [3.8, 4) is 11.3 Å². The molecule has 1 heterocycles. The highest BCUT2D eigenvalue weighted by Gasteiger charge is 2.17. The summed E-state index contributed by atoms with van der Waals surface area (Å²) in [4.78, 5) is 8.10. The Kier molecular flexibility index (Phi) is 4.22. The lowest BCUT2D eigenvalue weighted by molar-refractivity contribution is 0.496. The summed E-state index contributed by atoms with van der Waals surface area (Å²) in [6, 6.07) is 1.35. The van der Waals surface area contributed by atoms with Crippen LogP contribution in [0.15, 0.2) is 18.5 Å². The first kappa shape index (κ1) is 14.3. The summed E-state index contributed by atoms with van der Waals surface area (Å²) in [6.45, 7) is 4.41. The molecule has 0 aliphatic carbocycles. The average molecular weight is 281 g/mol. The van der Waals surface area contributed by atoms with Crippen molar-refractivity contribution in [1.29, 1.82) is 0 Å². The molecule has 0 bridgehead atoms. The number of nitrogens with zero attached hydrogens (tertiary/aromatic N) is 2. The number of nitrogens with one attached hydrogen (secondary N) is 1. The van der Waals surface area contributed by atoms with E-state index >= 15 is 0 Å². The molecule has 0 aliphatic heterocycles. The van der Waals surface area contributed by atoms with Gasteiger partial charge in [-0.15, -0.1) is 0 Å². The van der Waals surface area contributed by atoms with Gasteiger partial charge in [0.25, 0.3) is 0 Å². The van der Waals surface area contributed by atoms with Crippen molar-refractivity contribution in [1.82, 2.24) is 9.97 Å². The van der Waals surface area contributed by atoms with Crippen LogP contribution in [-0.2, 0) is 6.42 Å². The Morgan fingerprint density at radius 1 is 1.00 bits per heavy atom. The van der Waals surface area contributed by atoms with Gasteiger partial charge in [0.1, 0.15) is 18.0 Å². The molecule has 1 aromatic carbocycles. The Bertz CT molecular complexity index is 629. The molecule has 20 heavy (non-hydrogen) atoms. The van der Waals surface area contributed by atoms with Crippen molar-refractivity contribution >= 4 is 5.82 Å². The van der Waals surface area contributed by atoms with E-state index in [1.807, 2.05) is 13.8 Å². The van der Waals surface area contributed by atoms with Crippen LogP contribution in [0, 0.1) is 17.5 Å². The number of rotatable bonds is 4. The molecular weight excluding hydrogens is 267 g/mol. The summed E-state index contributed by atoms with van der Waals surface area (Å²) in [6.07, 6.45) is 1.81. The van der Waals surface area contributed by atoms with Crippen molar-refractivity contribution < 1.29 is 13.2 Å². The maximum atomic E-state index is 13.9. The van der Waals surface area contributed by atoms with Crippen molar-refractivity contribution in [2.24, 2.45) is 0 Å². The lowest BCUT2D eigenvalue weighted by Gasteiger charge is -2.13. The minimum atomic E-state index is -1.22. The third-order valence-corrected chi connectivity index (χ3v) is 2.91. The van der Waals surface area contributed by atoms with Gasteiger partial charge in [-0.05, 0) is 19.4 Å². The second-order valence-electron chi connectivity index (χ2n) is 4.18. The van der Waals surface area contributed by atoms with E-state index in [1.54, 1.807) is 0 Å². The molecule has 106 valence electrons. The lowest BCUT2D eigenvalue weighted by Crippen LogP contribution is -2.06. The highest BCUT2D eigenvalue weighted by atomic mass is 19.2. The number of halogens is 3. The maximum Gasteiger partial charge on any atom is 0.161 e. The summed E-state index contributed by atoms with van der Waals surface area (Å²) in [5.41, 5.74) is 0.872. The van der Waals surface area contributed by atoms with Crippen LogP contribution >= 0.6 is 0 Å². The van der Waals surface area contributed by atoms with Crippen LogP contribution in [0.4, 0.5) is 19.0 Å². The SMILES string of the molecule is CCNc1ncnc(-c2cc(F)c(F)cc2F)c1CC. The quantitative estimate of drug-likeness (QED) is 0.871. The lowest BCUT2D eigenvalue weighted by atomic mass is 10.0. The number of benzene rings is 1. The van der Waals surface area contributed by atoms with Crippen molar-refractivity contribution in [3.63, 3.8) is 0 Å². The Hall–Kier alpha value is -2.11. The normalized spacial score (nSPS) is 10.7. The predicted molar refractivity (Wildman–Crippen MR) is 70.9 cm³/mol. The van der Waals surface area contributed by atoms with Crippen LogP contribution in [0.3, 0.4) is 0 Å². The van der Waals surface area contributed by atoms with Crippen LogP contribution < -0.4 is 5.32 Å². The fourth-order valence-corrected chi connectivity index (χ4v) is 2.00. The van der Waals surface area contributed by atoms with Crippen molar-refractivity contribution in [2.75, 3.05) is 11.9 Å². The summed E-state index contributed by atoms with van der Waals surface area (Å²) >= 11 is 0. The summed E-state index contributed by atoms with van der Waals surface area (Å²) < 4.78 is 40.2. The van der Waals surface area contributed by atoms with Gasteiger partial charge in [-0.3, -0.25) is 0 Å². The summed E-state index contributed by atoms with van der Waals surface area (Å²) in [5.74, 6) is -2.60. The van der Waals surface area contributed by atoms with Crippen molar-refractivity contribution in [2.45, 2.75) is 20.3 Å². The van der Waals surface area contributed by atoms with E-state index < -0.39 is 17.5 Å². The Morgan fingerprint density at radius 3 is 2.35 bits per heavy atom. The first-order valence-corrected chi connectivity index (χ1v) is 6.31. The topological polar surface area (TPSA) is 37.8 Å². The highest BCUT2D eigenvalue weighted by Crippen LogP contribution is 2.29. The van der Waals surface area contributed by atoms with Gasteiger partial charge in [-0.25, -0.2) is 23.1 Å². The zero-order chi connectivity index (χ0) is 14.7. The molecule has 0 amide bonds. The molecule has 1 aromatic heterocycles. The Labute approximate surface area is 114 Å². The molecule has 3 nitrogen and oxygen atoms in total. The van der Waals surface area contributed by atoms with Crippen molar-refractivity contribution in [3.05, 3.63) is 41.5 Å². The third-order valence-electron chi connectivity index (χ3n) is 2.91. The number of hydrogen-bond donors (Lipinski definition) is 1. The van der Waals surface area contributed by atoms with Crippen LogP contribution in [0.2, 0.25) is 0 Å². The third kappa shape index (κ3) is 2.59. The second kappa shape index (κ2) is 5.90. The van der Waals surface area contributed by atoms with E-state index in [0.717, 1.165) is 6.07 Å². The standard InChI is InChI=1S/C14H14F3N3/c1-3-8-13(19-7-20-14(8)18-4-2)9-5-11(16)12(17)6-10(9)15/h5-7H,3-4H2,1-2H3,(H,18,19,20). The molecule has 2 aromatic rings. The van der Waals surface area contributed by atoms with Crippen LogP contribution in [0.25, 0.3) is 11.3 Å².